The van der Waals surface area contributed by atoms with Crippen LogP contribution in [0.25, 0.3) is 22.4 Å². The lowest BCUT2D eigenvalue weighted by molar-refractivity contribution is 0.160. The minimum atomic E-state index is -0.0803. The highest BCUT2D eigenvalue weighted by molar-refractivity contribution is 5.79. The van der Waals surface area contributed by atoms with Gasteiger partial charge in [0.25, 0.3) is 0 Å². The Morgan fingerprint density at radius 1 is 1.00 bits per heavy atom. The number of hydrogen-bond acceptors (Lipinski definition) is 8. The molecule has 0 atom stereocenters. The lowest BCUT2D eigenvalue weighted by atomic mass is 9.79. The van der Waals surface area contributed by atoms with Crippen LogP contribution in [0.4, 0.5) is 11.5 Å². The average molecular weight is 447 g/mol. The van der Waals surface area contributed by atoms with Gasteiger partial charge in [-0.05, 0) is 87.2 Å². The van der Waals surface area contributed by atoms with E-state index in [9.17, 15) is 10.0 Å². The molecule has 1 fully saturated rings. The van der Waals surface area contributed by atoms with Crippen molar-refractivity contribution in [2.24, 2.45) is 5.18 Å². The van der Waals surface area contributed by atoms with Gasteiger partial charge in [-0.2, -0.15) is 0 Å². The Balaban J connectivity index is 1.58. The summed E-state index contributed by atoms with van der Waals surface area (Å²) in [5.74, 6) is 0.713. The number of benzene rings is 1. The molecule has 0 amide bonds. The number of pyridine rings is 1. The lowest BCUT2D eigenvalue weighted by Gasteiger charge is -2.49. The number of aromatic hydroxyl groups is 1. The van der Waals surface area contributed by atoms with Gasteiger partial charge in [-0.1, -0.05) is 6.07 Å². The molecule has 0 aliphatic carbocycles. The van der Waals surface area contributed by atoms with Crippen molar-refractivity contribution in [3.63, 3.8) is 0 Å². The van der Waals surface area contributed by atoms with E-state index < -0.39 is 0 Å². The molecule has 1 aromatic carbocycles. The first kappa shape index (κ1) is 22.8. The first-order valence-electron chi connectivity index (χ1n) is 11.1. The van der Waals surface area contributed by atoms with E-state index in [2.05, 4.69) is 65.3 Å². The van der Waals surface area contributed by atoms with Crippen LogP contribution in [0.15, 0.2) is 53.8 Å². The number of nitroso groups, excluding NO2 is 1. The van der Waals surface area contributed by atoms with Crippen LogP contribution in [0.1, 0.15) is 40.5 Å². The van der Waals surface area contributed by atoms with Gasteiger partial charge in [0.05, 0.1) is 5.69 Å². The van der Waals surface area contributed by atoms with Crippen molar-refractivity contribution in [2.75, 3.05) is 11.9 Å². The Bertz CT molecular complexity index is 1140. The van der Waals surface area contributed by atoms with Crippen molar-refractivity contribution in [1.82, 2.24) is 20.5 Å². The van der Waals surface area contributed by atoms with Crippen LogP contribution in [-0.2, 0) is 0 Å². The fourth-order valence-corrected chi connectivity index (χ4v) is 4.99. The molecule has 0 unspecified atom stereocenters. The van der Waals surface area contributed by atoms with Crippen LogP contribution in [0.5, 0.6) is 5.88 Å². The third-order valence-electron chi connectivity index (χ3n) is 6.18. The van der Waals surface area contributed by atoms with E-state index in [1.54, 1.807) is 18.2 Å². The molecule has 8 heteroatoms. The third-order valence-corrected chi connectivity index (χ3v) is 6.18. The van der Waals surface area contributed by atoms with Crippen LogP contribution >= 0.6 is 0 Å². The summed E-state index contributed by atoms with van der Waals surface area (Å²) < 4.78 is 0. The molecule has 172 valence electrons. The van der Waals surface area contributed by atoms with Crippen molar-refractivity contribution in [2.45, 2.75) is 57.7 Å². The molecule has 0 bridgehead atoms. The molecule has 0 spiro atoms. The predicted octanol–water partition coefficient (Wildman–Crippen LogP) is 5.05. The zero-order chi connectivity index (χ0) is 23.8. The second-order valence-corrected chi connectivity index (χ2v) is 10.1. The monoisotopic (exact) mass is 446 g/mol. The Morgan fingerprint density at radius 2 is 1.70 bits per heavy atom. The minimum Gasteiger partial charge on any atom is -0.493 e. The zero-order valence-corrected chi connectivity index (χ0v) is 19.7. The van der Waals surface area contributed by atoms with Gasteiger partial charge in [-0.15, -0.1) is 15.1 Å². The van der Waals surface area contributed by atoms with Gasteiger partial charge in [0.2, 0.25) is 5.88 Å². The summed E-state index contributed by atoms with van der Waals surface area (Å²) in [6.45, 7) is 8.92. The first-order chi connectivity index (χ1) is 15.6. The molecule has 1 aliphatic heterocycles. The quantitative estimate of drug-likeness (QED) is 0.528. The summed E-state index contributed by atoms with van der Waals surface area (Å²) in [5.41, 5.74) is 3.02. The van der Waals surface area contributed by atoms with Crippen LogP contribution in [0.3, 0.4) is 0 Å². The maximum absolute atomic E-state index is 11.6. The highest BCUT2D eigenvalue weighted by Crippen LogP contribution is 2.35. The van der Waals surface area contributed by atoms with Crippen molar-refractivity contribution in [3.05, 3.63) is 53.6 Å². The highest BCUT2D eigenvalue weighted by Gasteiger charge is 2.39. The fourth-order valence-electron chi connectivity index (χ4n) is 4.99. The SMILES string of the molecule is CN(c1ccc(-c2ccc(-c3ccnc(O)c3)cc2N=O)nn1)C1CC(C)(C)NC(C)(C)C1. The number of piperidine rings is 1. The summed E-state index contributed by atoms with van der Waals surface area (Å²) in [6, 6.07) is 12.8. The van der Waals surface area contributed by atoms with Gasteiger partial charge in [0.1, 0.15) is 5.69 Å². The van der Waals surface area contributed by atoms with Crippen LogP contribution < -0.4 is 10.2 Å². The normalized spacial score (nSPS) is 17.5. The van der Waals surface area contributed by atoms with E-state index >= 15 is 0 Å². The second-order valence-electron chi connectivity index (χ2n) is 10.1. The van der Waals surface area contributed by atoms with Crippen molar-refractivity contribution < 1.29 is 5.11 Å². The molecule has 2 N–H and O–H groups in total. The fraction of sp³-hybridized carbons (Fsp3) is 0.400. The van der Waals surface area contributed by atoms with Crippen molar-refractivity contribution in [3.8, 4) is 28.3 Å². The maximum atomic E-state index is 11.6. The van der Waals surface area contributed by atoms with E-state index in [-0.39, 0.29) is 22.6 Å². The molecular formula is C25H30N6O2. The van der Waals surface area contributed by atoms with Gasteiger partial charge >= 0.3 is 0 Å². The smallest absolute Gasteiger partial charge is 0.211 e. The molecule has 3 heterocycles. The molecule has 2 aromatic heterocycles. The van der Waals surface area contributed by atoms with Crippen LogP contribution in [0, 0.1) is 4.91 Å². The third kappa shape index (κ3) is 5.01. The van der Waals surface area contributed by atoms with E-state index in [4.69, 9.17) is 0 Å². The van der Waals surface area contributed by atoms with Crippen LogP contribution in [-0.4, -0.2) is 44.5 Å². The first-order valence-corrected chi connectivity index (χ1v) is 11.1. The predicted molar refractivity (Wildman–Crippen MR) is 131 cm³/mol. The number of hydrogen-bond donors (Lipinski definition) is 2. The summed E-state index contributed by atoms with van der Waals surface area (Å²) in [6.07, 6.45) is 3.51. The molecule has 0 saturated carbocycles. The van der Waals surface area contributed by atoms with E-state index in [1.165, 1.54) is 12.3 Å². The Kier molecular flexibility index (Phi) is 5.88. The average Bonchev–Trinajstić information content (AvgIpc) is 2.76. The Morgan fingerprint density at radius 3 is 2.30 bits per heavy atom. The molecule has 3 aromatic rings. The molecule has 33 heavy (non-hydrogen) atoms. The molecular weight excluding hydrogens is 416 g/mol. The van der Waals surface area contributed by atoms with Crippen molar-refractivity contribution >= 4 is 11.5 Å². The van der Waals surface area contributed by atoms with Gasteiger partial charge in [-0.25, -0.2) is 4.98 Å². The van der Waals surface area contributed by atoms with E-state index in [0.717, 1.165) is 29.8 Å². The van der Waals surface area contributed by atoms with E-state index in [1.807, 2.05) is 18.2 Å². The minimum absolute atomic E-state index is 0.0337. The summed E-state index contributed by atoms with van der Waals surface area (Å²) in [7, 11) is 2.06. The molecule has 8 nitrogen and oxygen atoms in total. The van der Waals surface area contributed by atoms with Gasteiger partial charge in [0, 0.05) is 42.0 Å². The Hall–Kier alpha value is -3.39. The molecule has 0 radical (unpaired) electrons. The number of anilines is 1. The standard InChI is InChI=1S/C25H30N6O2/c1-24(2)14-18(15-25(3,4)30-24)31(5)22-9-8-20(27-28-22)19-7-6-16(12-21(19)29-33)17-10-11-26-23(32)13-17/h6-13,18,30H,14-15H2,1-5H3,(H,26,32). The number of nitrogens with one attached hydrogen (secondary N) is 1. The maximum Gasteiger partial charge on any atom is 0.211 e. The van der Waals surface area contributed by atoms with Crippen LogP contribution in [0.2, 0.25) is 0 Å². The summed E-state index contributed by atoms with van der Waals surface area (Å²) >= 11 is 0. The number of aromatic nitrogens is 3. The number of rotatable bonds is 5. The number of nitrogens with zero attached hydrogens (tertiary/aromatic N) is 5. The van der Waals surface area contributed by atoms with Crippen molar-refractivity contribution in [1.29, 1.82) is 0 Å². The molecule has 1 aliphatic rings. The van der Waals surface area contributed by atoms with Gasteiger partial charge in [-0.3, -0.25) is 0 Å². The van der Waals surface area contributed by atoms with Gasteiger partial charge < -0.3 is 15.3 Å². The Labute approximate surface area is 194 Å². The largest absolute Gasteiger partial charge is 0.493 e. The highest BCUT2D eigenvalue weighted by atomic mass is 16.3. The molecule has 4 rings (SSSR count). The van der Waals surface area contributed by atoms with Gasteiger partial charge in [0.15, 0.2) is 5.82 Å². The lowest BCUT2D eigenvalue weighted by Crippen LogP contribution is -2.62. The van der Waals surface area contributed by atoms with E-state index in [0.29, 0.717) is 17.3 Å². The summed E-state index contributed by atoms with van der Waals surface area (Å²) in [5, 5.41) is 25.4. The zero-order valence-electron chi connectivity index (χ0n) is 19.7. The summed E-state index contributed by atoms with van der Waals surface area (Å²) in [4.78, 5) is 17.6. The second kappa shape index (κ2) is 8.51. The molecule has 1 saturated heterocycles. The topological polar surface area (TPSA) is 104 Å².